The zero-order valence-electron chi connectivity index (χ0n) is 13.4. The number of rotatable bonds is 3. The second kappa shape index (κ2) is 6.13. The summed E-state index contributed by atoms with van der Waals surface area (Å²) in [6.45, 7) is 4.23. The van der Waals surface area contributed by atoms with Crippen LogP contribution >= 0.6 is 0 Å². The molecule has 0 aromatic heterocycles. The van der Waals surface area contributed by atoms with E-state index in [4.69, 9.17) is 4.74 Å². The van der Waals surface area contributed by atoms with E-state index < -0.39 is 0 Å². The van der Waals surface area contributed by atoms with E-state index in [1.807, 2.05) is 0 Å². The Morgan fingerprint density at radius 2 is 2.19 bits per heavy atom. The molecule has 3 aliphatic rings. The van der Waals surface area contributed by atoms with Crippen molar-refractivity contribution >= 4 is 6.03 Å². The molecule has 1 saturated carbocycles. The Hall–Kier alpha value is -0.810. The number of carbonyl (C=O) groups excluding carboxylic acids is 1. The largest absolute Gasteiger partial charge is 0.373 e. The Kier molecular flexibility index (Phi) is 4.41. The third-order valence-corrected chi connectivity index (χ3v) is 5.36. The fourth-order valence-electron chi connectivity index (χ4n) is 3.86. The van der Waals surface area contributed by atoms with Gasteiger partial charge in [0.15, 0.2) is 0 Å². The van der Waals surface area contributed by atoms with Gasteiger partial charge in [-0.1, -0.05) is 6.42 Å². The molecule has 0 aromatic carbocycles. The third kappa shape index (κ3) is 3.51. The summed E-state index contributed by atoms with van der Waals surface area (Å²) < 4.78 is 6.16. The summed E-state index contributed by atoms with van der Waals surface area (Å²) in [6.07, 6.45) is 7.25. The van der Waals surface area contributed by atoms with Gasteiger partial charge < -0.3 is 19.9 Å². The molecule has 1 aliphatic carbocycles. The Bertz CT molecular complexity index is 384. The van der Waals surface area contributed by atoms with Crippen LogP contribution in [-0.2, 0) is 4.74 Å². The second-order valence-corrected chi connectivity index (χ2v) is 7.35. The highest BCUT2D eigenvalue weighted by Crippen LogP contribution is 2.36. The molecule has 2 atom stereocenters. The highest BCUT2D eigenvalue weighted by atomic mass is 16.5. The van der Waals surface area contributed by atoms with Gasteiger partial charge in [0.2, 0.25) is 0 Å². The van der Waals surface area contributed by atoms with Gasteiger partial charge in [0.1, 0.15) is 0 Å². The highest BCUT2D eigenvalue weighted by Gasteiger charge is 2.44. The van der Waals surface area contributed by atoms with Crippen molar-refractivity contribution < 1.29 is 9.53 Å². The van der Waals surface area contributed by atoms with Crippen LogP contribution in [0.2, 0.25) is 0 Å². The molecule has 2 amide bonds. The predicted octanol–water partition coefficient (Wildman–Crippen LogP) is 1.68. The maximum Gasteiger partial charge on any atom is 0.317 e. The molecule has 120 valence electrons. The average Bonchev–Trinajstić information content (AvgIpc) is 2.77. The minimum Gasteiger partial charge on any atom is -0.373 e. The van der Waals surface area contributed by atoms with Crippen LogP contribution in [-0.4, -0.2) is 67.8 Å². The highest BCUT2D eigenvalue weighted by molar-refractivity contribution is 5.73. The third-order valence-electron chi connectivity index (χ3n) is 5.36. The lowest BCUT2D eigenvalue weighted by Gasteiger charge is -2.39. The van der Waals surface area contributed by atoms with Gasteiger partial charge in [-0.25, -0.2) is 4.79 Å². The van der Waals surface area contributed by atoms with Gasteiger partial charge in [0.25, 0.3) is 0 Å². The van der Waals surface area contributed by atoms with Gasteiger partial charge in [-0.3, -0.25) is 0 Å². The molecule has 0 radical (unpaired) electrons. The molecule has 2 heterocycles. The molecule has 0 unspecified atom stereocenters. The molecular formula is C16H29N3O2. The molecule has 1 spiro atoms. The summed E-state index contributed by atoms with van der Waals surface area (Å²) in [5.41, 5.74) is -0.00768. The number of nitrogens with zero attached hydrogens (tertiary/aromatic N) is 2. The van der Waals surface area contributed by atoms with E-state index in [-0.39, 0.29) is 17.7 Å². The van der Waals surface area contributed by atoms with E-state index in [0.717, 1.165) is 44.9 Å². The first kappa shape index (κ1) is 15.1. The lowest BCUT2D eigenvalue weighted by Crippen LogP contribution is -2.51. The maximum atomic E-state index is 11.8. The first-order chi connectivity index (χ1) is 10.1. The van der Waals surface area contributed by atoms with E-state index in [9.17, 15) is 4.79 Å². The molecule has 0 aromatic rings. The number of hydrogen-bond acceptors (Lipinski definition) is 3. The van der Waals surface area contributed by atoms with Gasteiger partial charge in [0.05, 0.1) is 5.60 Å². The van der Waals surface area contributed by atoms with Gasteiger partial charge in [-0.05, 0) is 38.0 Å². The maximum absolute atomic E-state index is 11.8. The lowest BCUT2D eigenvalue weighted by atomic mass is 9.85. The molecule has 2 saturated heterocycles. The number of likely N-dealkylation sites (tertiary alicyclic amines) is 1. The SMILES string of the molecule is CN(C)C(=O)N[C@@H]1CCO[C@]2(CCN(CC3CCC3)C2)C1. The smallest absolute Gasteiger partial charge is 0.317 e. The van der Waals surface area contributed by atoms with Gasteiger partial charge in [0, 0.05) is 46.4 Å². The van der Waals surface area contributed by atoms with Crippen LogP contribution in [0.4, 0.5) is 4.79 Å². The fourth-order valence-corrected chi connectivity index (χ4v) is 3.86. The van der Waals surface area contributed by atoms with E-state index in [2.05, 4.69) is 10.2 Å². The normalized spacial score (nSPS) is 33.9. The van der Waals surface area contributed by atoms with Gasteiger partial charge >= 0.3 is 6.03 Å². The first-order valence-corrected chi connectivity index (χ1v) is 8.40. The van der Waals surface area contributed by atoms with Crippen LogP contribution < -0.4 is 5.32 Å². The van der Waals surface area contributed by atoms with Crippen LogP contribution in [0.1, 0.15) is 38.5 Å². The fraction of sp³-hybridized carbons (Fsp3) is 0.938. The molecule has 1 N–H and O–H groups in total. The van der Waals surface area contributed by atoms with Crippen LogP contribution in [0.3, 0.4) is 0 Å². The standard InChI is InChI=1S/C16H29N3O2/c1-18(2)15(20)17-14-6-9-21-16(10-14)7-8-19(12-16)11-13-4-3-5-13/h13-14H,3-12H2,1-2H3,(H,17,20)/t14-,16-/m1/s1. The van der Waals surface area contributed by atoms with Crippen molar-refractivity contribution in [3.05, 3.63) is 0 Å². The van der Waals surface area contributed by atoms with Crippen molar-refractivity contribution in [2.45, 2.75) is 50.2 Å². The zero-order chi connectivity index (χ0) is 14.9. The van der Waals surface area contributed by atoms with E-state index in [0.29, 0.717) is 0 Å². The first-order valence-electron chi connectivity index (χ1n) is 8.40. The molecule has 5 heteroatoms. The summed E-state index contributed by atoms with van der Waals surface area (Å²) >= 11 is 0. The Labute approximate surface area is 128 Å². The van der Waals surface area contributed by atoms with Crippen LogP contribution in [0.5, 0.6) is 0 Å². The Morgan fingerprint density at radius 1 is 1.38 bits per heavy atom. The second-order valence-electron chi connectivity index (χ2n) is 7.35. The number of nitrogens with one attached hydrogen (secondary N) is 1. The van der Waals surface area contributed by atoms with Crippen molar-refractivity contribution in [3.63, 3.8) is 0 Å². The predicted molar refractivity (Wildman–Crippen MR) is 82.3 cm³/mol. The van der Waals surface area contributed by atoms with Crippen LogP contribution in [0.15, 0.2) is 0 Å². The van der Waals surface area contributed by atoms with Crippen molar-refractivity contribution in [1.82, 2.24) is 15.1 Å². The lowest BCUT2D eigenvalue weighted by molar-refractivity contribution is -0.0797. The van der Waals surface area contributed by atoms with E-state index >= 15 is 0 Å². The zero-order valence-corrected chi connectivity index (χ0v) is 13.4. The van der Waals surface area contributed by atoms with Crippen LogP contribution in [0, 0.1) is 5.92 Å². The molecule has 3 rings (SSSR count). The van der Waals surface area contributed by atoms with E-state index in [1.165, 1.54) is 25.8 Å². The molecule has 21 heavy (non-hydrogen) atoms. The van der Waals surface area contributed by atoms with Crippen molar-refractivity contribution in [2.75, 3.05) is 40.3 Å². The quantitative estimate of drug-likeness (QED) is 0.861. The Morgan fingerprint density at radius 3 is 2.86 bits per heavy atom. The number of urea groups is 1. The van der Waals surface area contributed by atoms with Crippen LogP contribution in [0.25, 0.3) is 0 Å². The Balaban J connectivity index is 1.51. The minimum absolute atomic E-state index is 0.00768. The number of carbonyl (C=O) groups is 1. The summed E-state index contributed by atoms with van der Waals surface area (Å²) in [5, 5.41) is 3.14. The molecular weight excluding hydrogens is 266 g/mol. The van der Waals surface area contributed by atoms with Crippen molar-refractivity contribution in [3.8, 4) is 0 Å². The molecule has 2 aliphatic heterocycles. The minimum atomic E-state index is -0.00768. The number of ether oxygens (including phenoxy) is 1. The van der Waals surface area contributed by atoms with Crippen molar-refractivity contribution in [2.24, 2.45) is 5.92 Å². The van der Waals surface area contributed by atoms with Gasteiger partial charge in [-0.2, -0.15) is 0 Å². The number of amides is 2. The average molecular weight is 295 g/mol. The summed E-state index contributed by atoms with van der Waals surface area (Å²) in [4.78, 5) is 16.0. The molecule has 0 bridgehead atoms. The topological polar surface area (TPSA) is 44.8 Å². The van der Waals surface area contributed by atoms with Crippen molar-refractivity contribution in [1.29, 1.82) is 0 Å². The van der Waals surface area contributed by atoms with Gasteiger partial charge in [-0.15, -0.1) is 0 Å². The van der Waals surface area contributed by atoms with E-state index in [1.54, 1.807) is 19.0 Å². The summed E-state index contributed by atoms with van der Waals surface area (Å²) in [7, 11) is 3.58. The number of hydrogen-bond donors (Lipinski definition) is 1. The molecule has 3 fully saturated rings. The monoisotopic (exact) mass is 295 g/mol. The summed E-state index contributed by atoms with van der Waals surface area (Å²) in [6, 6.07) is 0.277. The summed E-state index contributed by atoms with van der Waals surface area (Å²) in [5.74, 6) is 0.924. The molecule has 5 nitrogen and oxygen atoms in total.